The van der Waals surface area contributed by atoms with Crippen molar-refractivity contribution in [2.24, 2.45) is 0 Å². The molecule has 3 fully saturated rings. The minimum absolute atomic E-state index is 0.0675. The third-order valence-corrected chi connectivity index (χ3v) is 3.94. The van der Waals surface area contributed by atoms with E-state index in [1.54, 1.807) is 5.06 Å². The van der Waals surface area contributed by atoms with E-state index < -0.39 is 13.5 Å². The first-order chi connectivity index (χ1) is 5.12. The molecule has 0 aromatic rings. The molecule has 0 radical (unpaired) electrons. The molecule has 3 saturated heterocycles. The van der Waals surface area contributed by atoms with Crippen molar-refractivity contribution < 1.29 is 18.2 Å². The van der Waals surface area contributed by atoms with E-state index in [0.717, 1.165) is 13.0 Å². The molecule has 11 heavy (non-hydrogen) atoms. The van der Waals surface area contributed by atoms with E-state index in [1.807, 2.05) is 6.92 Å². The summed E-state index contributed by atoms with van der Waals surface area (Å²) in [5.41, 5.74) is -0.574. The lowest BCUT2D eigenvalue weighted by Gasteiger charge is -2.25. The first kappa shape index (κ1) is 6.57. The van der Waals surface area contributed by atoms with E-state index in [1.165, 1.54) is 0 Å². The molecule has 0 N–H and O–H groups in total. The zero-order valence-corrected chi connectivity index (χ0v) is 6.91. The first-order valence-corrected chi connectivity index (χ1v) is 5.05. The second kappa shape index (κ2) is 1.56. The molecule has 0 aliphatic carbocycles. The minimum atomic E-state index is -3.17. The molecule has 3 aliphatic heterocycles. The van der Waals surface area contributed by atoms with Crippen molar-refractivity contribution in [3.8, 4) is 0 Å². The van der Waals surface area contributed by atoms with E-state index in [0.29, 0.717) is 0 Å². The molecule has 3 unspecified atom stereocenters. The Hall–Kier alpha value is 0.0700. The summed E-state index contributed by atoms with van der Waals surface area (Å²) >= 11 is 0. The Morgan fingerprint density at radius 1 is 1.73 bits per heavy atom. The number of hydrogen-bond donors (Lipinski definition) is 0. The molecule has 0 aromatic heterocycles. The van der Waals surface area contributed by atoms with Crippen molar-refractivity contribution in [1.82, 2.24) is 5.06 Å². The summed E-state index contributed by atoms with van der Waals surface area (Å²) in [5.74, 6) is 0. The summed E-state index contributed by atoms with van der Waals surface area (Å²) in [6, 6.07) is 0. The molecular weight excluding hydrogens is 169 g/mol. The average Bonchev–Trinajstić information content (AvgIpc) is 2.26. The van der Waals surface area contributed by atoms with Gasteiger partial charge in [-0.05, 0) is 13.3 Å². The van der Waals surface area contributed by atoms with Crippen LogP contribution in [0.2, 0.25) is 0 Å². The number of nitrogens with zero attached hydrogens (tertiary/aromatic N) is 1. The molecule has 0 aromatic carbocycles. The summed E-state index contributed by atoms with van der Waals surface area (Å²) in [6.45, 7) is 2.59. The fraction of sp³-hybridized carbons (Fsp3) is 1.00. The molecule has 62 valence electrons. The molecule has 0 amide bonds. The molecule has 3 aliphatic rings. The van der Waals surface area contributed by atoms with Gasteiger partial charge in [0.15, 0.2) is 5.72 Å². The van der Waals surface area contributed by atoms with Gasteiger partial charge in [-0.15, -0.1) is 5.06 Å². The Balaban J connectivity index is 2.16. The van der Waals surface area contributed by atoms with Crippen LogP contribution in [-0.2, 0) is 18.2 Å². The van der Waals surface area contributed by atoms with E-state index in [-0.39, 0.29) is 6.10 Å². The number of rotatable bonds is 0. The highest BCUT2D eigenvalue weighted by atomic mass is 31.2. The van der Waals surface area contributed by atoms with Crippen LogP contribution in [-0.4, -0.2) is 23.4 Å². The van der Waals surface area contributed by atoms with Gasteiger partial charge in [0, 0.05) is 6.54 Å². The van der Waals surface area contributed by atoms with Crippen molar-refractivity contribution in [3.63, 3.8) is 0 Å². The molecule has 5 nitrogen and oxygen atoms in total. The maximum atomic E-state index is 11.4. The Morgan fingerprint density at radius 3 is 3.09 bits per heavy atom. The van der Waals surface area contributed by atoms with Crippen molar-refractivity contribution in [2.75, 3.05) is 6.54 Å². The summed E-state index contributed by atoms with van der Waals surface area (Å²) in [4.78, 5) is 0. The van der Waals surface area contributed by atoms with Gasteiger partial charge in [-0.3, -0.25) is 9.05 Å². The van der Waals surface area contributed by atoms with Gasteiger partial charge in [-0.1, -0.05) is 0 Å². The lowest BCUT2D eigenvalue weighted by molar-refractivity contribution is -0.165. The quantitative estimate of drug-likeness (QED) is 0.514. The third-order valence-electron chi connectivity index (χ3n) is 2.44. The first-order valence-electron chi connectivity index (χ1n) is 3.59. The van der Waals surface area contributed by atoms with Crippen LogP contribution in [0.4, 0.5) is 0 Å². The predicted molar refractivity (Wildman–Crippen MR) is 34.4 cm³/mol. The van der Waals surface area contributed by atoms with Gasteiger partial charge in [0.25, 0.3) is 0 Å². The Labute approximate surface area is 63.8 Å². The van der Waals surface area contributed by atoms with Gasteiger partial charge in [0.1, 0.15) is 6.10 Å². The highest BCUT2D eigenvalue weighted by molar-refractivity contribution is 7.49. The number of phosphoric ester groups is 1. The number of hydrogen-bond acceptors (Lipinski definition) is 5. The van der Waals surface area contributed by atoms with Gasteiger partial charge in [0.05, 0.1) is 0 Å². The Kier molecular flexibility index (Phi) is 0.930. The van der Waals surface area contributed by atoms with Crippen LogP contribution in [0.15, 0.2) is 0 Å². The molecule has 0 saturated carbocycles. The van der Waals surface area contributed by atoms with Crippen molar-refractivity contribution in [1.29, 1.82) is 0 Å². The summed E-state index contributed by atoms with van der Waals surface area (Å²) in [5, 5.41) is 1.63. The second-order valence-corrected chi connectivity index (χ2v) is 4.61. The van der Waals surface area contributed by atoms with Gasteiger partial charge >= 0.3 is 7.82 Å². The zero-order chi connectivity index (χ0) is 7.69. The standard InChI is InChI=1S/C5H8NO4P/c1-5-4-2-3-6(5)10-11(7,8-4)9-5/h4H,2-3H2,1H3. The number of phosphoric acid groups is 1. The van der Waals surface area contributed by atoms with E-state index in [2.05, 4.69) is 0 Å². The zero-order valence-electron chi connectivity index (χ0n) is 6.02. The van der Waals surface area contributed by atoms with Crippen LogP contribution in [0, 0.1) is 0 Å². The molecule has 3 heterocycles. The van der Waals surface area contributed by atoms with Crippen molar-refractivity contribution in [2.45, 2.75) is 25.2 Å². The largest absolute Gasteiger partial charge is 0.494 e. The average molecular weight is 177 g/mol. The minimum Gasteiger partial charge on any atom is -0.278 e. The summed E-state index contributed by atoms with van der Waals surface area (Å²) < 4.78 is 26.6. The molecular formula is C5H8NO4P. The van der Waals surface area contributed by atoms with Crippen LogP contribution < -0.4 is 0 Å². The van der Waals surface area contributed by atoms with E-state index >= 15 is 0 Å². The van der Waals surface area contributed by atoms with Gasteiger partial charge < -0.3 is 0 Å². The Bertz CT molecular complexity index is 249. The smallest absolute Gasteiger partial charge is 0.278 e. The molecule has 3 rings (SSSR count). The molecule has 3 atom stereocenters. The van der Waals surface area contributed by atoms with Crippen molar-refractivity contribution in [3.05, 3.63) is 0 Å². The number of hydroxylamine groups is 2. The van der Waals surface area contributed by atoms with Crippen molar-refractivity contribution >= 4 is 7.82 Å². The summed E-state index contributed by atoms with van der Waals surface area (Å²) in [7, 11) is -3.17. The van der Waals surface area contributed by atoms with Crippen LogP contribution in [0.5, 0.6) is 0 Å². The van der Waals surface area contributed by atoms with E-state index in [4.69, 9.17) is 13.7 Å². The van der Waals surface area contributed by atoms with E-state index in [9.17, 15) is 4.57 Å². The van der Waals surface area contributed by atoms with Crippen LogP contribution in [0.25, 0.3) is 0 Å². The number of fused-ring (bicyclic) bond motifs is 1. The maximum absolute atomic E-state index is 11.4. The molecule has 0 spiro atoms. The predicted octanol–water partition coefficient (Wildman–Crippen LogP) is 0.877. The SMILES string of the molecule is CC12OP3(=O)OC1CCN2O3. The third kappa shape index (κ3) is 0.600. The normalized spacial score (nSPS) is 61.0. The second-order valence-electron chi connectivity index (χ2n) is 3.16. The summed E-state index contributed by atoms with van der Waals surface area (Å²) in [6.07, 6.45) is 0.766. The monoisotopic (exact) mass is 177 g/mol. The maximum Gasteiger partial charge on any atom is 0.494 e. The fourth-order valence-electron chi connectivity index (χ4n) is 1.82. The van der Waals surface area contributed by atoms with Crippen LogP contribution in [0.1, 0.15) is 13.3 Å². The lowest BCUT2D eigenvalue weighted by Crippen LogP contribution is -2.43. The van der Waals surface area contributed by atoms with Gasteiger partial charge in [-0.25, -0.2) is 4.57 Å². The molecule has 6 heteroatoms. The highest BCUT2D eigenvalue weighted by Gasteiger charge is 2.68. The highest BCUT2D eigenvalue weighted by Crippen LogP contribution is 2.70. The van der Waals surface area contributed by atoms with Gasteiger partial charge in [-0.2, -0.15) is 4.62 Å². The Morgan fingerprint density at radius 2 is 2.55 bits per heavy atom. The van der Waals surface area contributed by atoms with Crippen LogP contribution >= 0.6 is 7.82 Å². The lowest BCUT2D eigenvalue weighted by atomic mass is 10.1. The van der Waals surface area contributed by atoms with Crippen LogP contribution in [0.3, 0.4) is 0 Å². The molecule has 2 bridgehead atoms. The topological polar surface area (TPSA) is 48.0 Å². The van der Waals surface area contributed by atoms with Gasteiger partial charge in [0.2, 0.25) is 0 Å². The fourth-order valence-corrected chi connectivity index (χ4v) is 3.70.